The van der Waals surface area contributed by atoms with E-state index in [0.29, 0.717) is 34.8 Å². The first kappa shape index (κ1) is 25.2. The van der Waals surface area contributed by atoms with Crippen LogP contribution in [0.4, 0.5) is 23.2 Å². The van der Waals surface area contributed by atoms with Crippen LogP contribution in [0.1, 0.15) is 24.9 Å². The van der Waals surface area contributed by atoms with Crippen molar-refractivity contribution in [2.45, 2.75) is 31.4 Å². The van der Waals surface area contributed by atoms with Crippen LogP contribution in [0.2, 0.25) is 0 Å². The molecule has 2 atom stereocenters. The monoisotopic (exact) mass is 526 g/mol. The minimum Gasteiger partial charge on any atom is -0.494 e. The van der Waals surface area contributed by atoms with E-state index < -0.39 is 35.6 Å². The summed E-state index contributed by atoms with van der Waals surface area (Å²) in [6.07, 6.45) is 1.33. The second kappa shape index (κ2) is 9.47. The SMILES string of the molecule is COc1cc([C@@H]2[C@@H](NC(=O)C(C)(F)F)CC(=O)N2c2ccc3c(cnn3-c3ccc(F)cc3)c2)ccc1F. The number of aromatic nitrogens is 2. The number of carbonyl (C=O) groups excluding carboxylic acids is 2. The molecule has 1 aliphatic rings. The van der Waals surface area contributed by atoms with Gasteiger partial charge in [-0.25, -0.2) is 13.5 Å². The van der Waals surface area contributed by atoms with Gasteiger partial charge in [-0.15, -0.1) is 0 Å². The third-order valence-corrected chi connectivity index (χ3v) is 6.46. The number of halogens is 4. The Morgan fingerprint density at radius 2 is 1.76 bits per heavy atom. The van der Waals surface area contributed by atoms with Crippen molar-refractivity contribution in [2.24, 2.45) is 0 Å². The number of hydrogen-bond donors (Lipinski definition) is 1. The molecule has 196 valence electrons. The lowest BCUT2D eigenvalue weighted by atomic mass is 9.98. The van der Waals surface area contributed by atoms with Gasteiger partial charge < -0.3 is 15.0 Å². The first-order chi connectivity index (χ1) is 18.1. The highest BCUT2D eigenvalue weighted by Crippen LogP contribution is 2.40. The van der Waals surface area contributed by atoms with Crippen molar-refractivity contribution in [1.82, 2.24) is 15.1 Å². The van der Waals surface area contributed by atoms with Gasteiger partial charge in [0, 0.05) is 24.4 Å². The second-order valence-corrected chi connectivity index (χ2v) is 9.05. The number of benzene rings is 3. The number of anilines is 1. The number of carbonyl (C=O) groups is 2. The Bertz CT molecular complexity index is 1530. The number of fused-ring (bicyclic) bond motifs is 1. The van der Waals surface area contributed by atoms with E-state index in [1.807, 2.05) is 0 Å². The molecule has 0 radical (unpaired) electrons. The van der Waals surface area contributed by atoms with Crippen molar-refractivity contribution in [1.29, 1.82) is 0 Å². The minimum absolute atomic E-state index is 0.0938. The molecule has 1 N–H and O–H groups in total. The molecule has 0 spiro atoms. The summed E-state index contributed by atoms with van der Waals surface area (Å²) >= 11 is 0. The van der Waals surface area contributed by atoms with Gasteiger partial charge >= 0.3 is 5.92 Å². The second-order valence-electron chi connectivity index (χ2n) is 9.05. The smallest absolute Gasteiger partial charge is 0.321 e. The Labute approximate surface area is 214 Å². The van der Waals surface area contributed by atoms with E-state index in [4.69, 9.17) is 4.74 Å². The number of ether oxygens (including phenoxy) is 1. The summed E-state index contributed by atoms with van der Waals surface area (Å²) in [5.41, 5.74) is 2.13. The lowest BCUT2D eigenvalue weighted by molar-refractivity contribution is -0.143. The predicted octanol–water partition coefficient (Wildman–Crippen LogP) is 4.93. The zero-order valence-electron chi connectivity index (χ0n) is 20.3. The van der Waals surface area contributed by atoms with Crippen LogP contribution in [-0.2, 0) is 9.59 Å². The van der Waals surface area contributed by atoms with Crippen LogP contribution in [0.25, 0.3) is 16.6 Å². The number of nitrogens with one attached hydrogen (secondary N) is 1. The van der Waals surface area contributed by atoms with Crippen molar-refractivity contribution in [3.05, 3.63) is 84.1 Å². The maximum absolute atomic E-state index is 14.2. The van der Waals surface area contributed by atoms with Gasteiger partial charge in [-0.3, -0.25) is 9.59 Å². The third kappa shape index (κ3) is 4.55. The number of amides is 2. The van der Waals surface area contributed by atoms with Gasteiger partial charge in [0.25, 0.3) is 5.91 Å². The fourth-order valence-electron chi connectivity index (χ4n) is 4.66. The molecule has 11 heteroatoms. The van der Waals surface area contributed by atoms with Crippen LogP contribution >= 0.6 is 0 Å². The average molecular weight is 526 g/mol. The van der Waals surface area contributed by atoms with E-state index in [2.05, 4.69) is 10.4 Å². The molecule has 1 aromatic heterocycles. The van der Waals surface area contributed by atoms with Crippen LogP contribution in [0, 0.1) is 11.6 Å². The Kier molecular flexibility index (Phi) is 6.29. The summed E-state index contributed by atoms with van der Waals surface area (Å²) in [6, 6.07) is 12.9. The van der Waals surface area contributed by atoms with Crippen molar-refractivity contribution in [3.63, 3.8) is 0 Å². The standard InChI is InChI=1S/C27H22F4N4O3/c1-27(30,31)26(37)33-21-13-24(36)34(25(21)15-3-9-20(29)23(12-15)38-2)19-8-10-22-16(11-19)14-32-35(22)18-6-4-17(28)5-7-18/h3-12,14,21,25H,13H2,1-2H3,(H,33,37)/t21-,25+/m0/s1. The van der Waals surface area contributed by atoms with Crippen molar-refractivity contribution in [2.75, 3.05) is 12.0 Å². The molecule has 5 rings (SSSR count). The molecular formula is C27H22F4N4O3. The molecule has 1 aliphatic heterocycles. The van der Waals surface area contributed by atoms with Gasteiger partial charge in [-0.2, -0.15) is 13.9 Å². The molecule has 0 saturated carbocycles. The summed E-state index contributed by atoms with van der Waals surface area (Å²) < 4.78 is 61.6. The molecule has 38 heavy (non-hydrogen) atoms. The van der Waals surface area contributed by atoms with Gasteiger partial charge in [0.05, 0.1) is 36.6 Å². The van der Waals surface area contributed by atoms with Gasteiger partial charge in [-0.1, -0.05) is 6.07 Å². The minimum atomic E-state index is -3.66. The number of rotatable bonds is 6. The highest BCUT2D eigenvalue weighted by atomic mass is 19.3. The molecule has 0 bridgehead atoms. The molecule has 2 amide bonds. The summed E-state index contributed by atoms with van der Waals surface area (Å²) in [7, 11) is 1.28. The van der Waals surface area contributed by atoms with Gasteiger partial charge in [0.15, 0.2) is 11.6 Å². The fourth-order valence-corrected chi connectivity index (χ4v) is 4.66. The van der Waals surface area contributed by atoms with Crippen LogP contribution in [0.3, 0.4) is 0 Å². The maximum Gasteiger partial charge on any atom is 0.321 e. The van der Waals surface area contributed by atoms with E-state index in [1.165, 1.54) is 36.3 Å². The fraction of sp³-hybridized carbons (Fsp3) is 0.222. The van der Waals surface area contributed by atoms with E-state index in [0.717, 1.165) is 6.07 Å². The topological polar surface area (TPSA) is 76.5 Å². The number of hydrogen-bond acceptors (Lipinski definition) is 4. The van der Waals surface area contributed by atoms with Crippen molar-refractivity contribution < 1.29 is 31.9 Å². The molecule has 2 heterocycles. The van der Waals surface area contributed by atoms with E-state index in [1.54, 1.807) is 41.2 Å². The highest BCUT2D eigenvalue weighted by molar-refractivity contribution is 6.00. The average Bonchev–Trinajstić information content (AvgIpc) is 3.44. The zero-order valence-corrected chi connectivity index (χ0v) is 20.3. The Balaban J connectivity index is 1.57. The molecule has 1 fully saturated rings. The third-order valence-electron chi connectivity index (χ3n) is 6.46. The first-order valence-corrected chi connectivity index (χ1v) is 11.6. The Morgan fingerprint density at radius 3 is 2.45 bits per heavy atom. The maximum atomic E-state index is 14.2. The summed E-state index contributed by atoms with van der Waals surface area (Å²) in [5.74, 6) is -6.72. The highest BCUT2D eigenvalue weighted by Gasteiger charge is 2.45. The lowest BCUT2D eigenvalue weighted by Crippen LogP contribution is -2.46. The predicted molar refractivity (Wildman–Crippen MR) is 131 cm³/mol. The van der Waals surface area contributed by atoms with Crippen LogP contribution in [0.15, 0.2) is 66.9 Å². The lowest BCUT2D eigenvalue weighted by Gasteiger charge is -2.30. The van der Waals surface area contributed by atoms with E-state index in [9.17, 15) is 27.2 Å². The van der Waals surface area contributed by atoms with Crippen molar-refractivity contribution in [3.8, 4) is 11.4 Å². The molecule has 0 unspecified atom stereocenters. The van der Waals surface area contributed by atoms with E-state index >= 15 is 0 Å². The number of alkyl halides is 2. The first-order valence-electron chi connectivity index (χ1n) is 11.6. The Morgan fingerprint density at radius 1 is 1.05 bits per heavy atom. The molecule has 0 aliphatic carbocycles. The summed E-state index contributed by atoms with van der Waals surface area (Å²) in [5, 5.41) is 7.30. The van der Waals surface area contributed by atoms with Gasteiger partial charge in [0.2, 0.25) is 5.91 Å². The van der Waals surface area contributed by atoms with Gasteiger partial charge in [-0.05, 0) is 60.2 Å². The van der Waals surface area contributed by atoms with Crippen LogP contribution in [-0.4, -0.2) is 40.7 Å². The quantitative estimate of drug-likeness (QED) is 0.362. The molecule has 7 nitrogen and oxygen atoms in total. The molecule has 4 aromatic rings. The van der Waals surface area contributed by atoms with Crippen LogP contribution < -0.4 is 15.0 Å². The molecule has 3 aromatic carbocycles. The zero-order chi connectivity index (χ0) is 27.2. The van der Waals surface area contributed by atoms with Gasteiger partial charge in [0.1, 0.15) is 5.82 Å². The van der Waals surface area contributed by atoms with E-state index in [-0.39, 0.29) is 18.0 Å². The summed E-state index contributed by atoms with van der Waals surface area (Å²) in [4.78, 5) is 26.8. The summed E-state index contributed by atoms with van der Waals surface area (Å²) in [6.45, 7) is 0.472. The van der Waals surface area contributed by atoms with Crippen LogP contribution in [0.5, 0.6) is 5.75 Å². The number of methoxy groups -OCH3 is 1. The number of nitrogens with zero attached hydrogens (tertiary/aromatic N) is 3. The molecule has 1 saturated heterocycles. The normalized spacial score (nSPS) is 17.7. The molecular weight excluding hydrogens is 504 g/mol. The Hall–Kier alpha value is -4.41. The van der Waals surface area contributed by atoms with Crippen molar-refractivity contribution >= 4 is 28.4 Å². The largest absolute Gasteiger partial charge is 0.494 e.